The number of amides is 3. The molecule has 27 heavy (non-hydrogen) atoms. The summed E-state index contributed by atoms with van der Waals surface area (Å²) < 4.78 is 0. The van der Waals surface area contributed by atoms with Crippen LogP contribution in [0.4, 0.5) is 16.2 Å². The van der Waals surface area contributed by atoms with Crippen LogP contribution in [0.2, 0.25) is 0 Å². The van der Waals surface area contributed by atoms with Crippen LogP contribution in [0, 0.1) is 17.8 Å². The highest BCUT2D eigenvalue weighted by Gasteiger charge is 2.40. The lowest BCUT2D eigenvalue weighted by atomic mass is 9.65. The Labute approximate surface area is 167 Å². The molecule has 6 nitrogen and oxygen atoms in total. The average molecular weight is 395 g/mol. The van der Waals surface area contributed by atoms with Gasteiger partial charge in [-0.1, -0.05) is 18.6 Å². The predicted molar refractivity (Wildman–Crippen MR) is 111 cm³/mol. The van der Waals surface area contributed by atoms with Gasteiger partial charge in [0.15, 0.2) is 0 Å². The van der Waals surface area contributed by atoms with Gasteiger partial charge in [-0.15, -0.1) is 12.4 Å². The van der Waals surface area contributed by atoms with Crippen LogP contribution in [0.1, 0.15) is 46.0 Å². The third-order valence-electron chi connectivity index (χ3n) is 5.64. The standard InChI is InChI=1S/C20H30N4O2.ClH/c1-12(2)22-20(26)24-17-9-4-3-8-16(17)23-19(25)15-10-13-6-5-7-14(11-15)18(13)21;/h3-4,8-9,12-15,18H,5-7,10-11,21H2,1-2H3,(H,23,25)(H2,22,24,26);1H. The zero-order chi connectivity index (χ0) is 18.7. The molecule has 0 aliphatic heterocycles. The van der Waals surface area contributed by atoms with Crippen LogP contribution in [-0.4, -0.2) is 24.0 Å². The number of anilines is 2. The summed E-state index contributed by atoms with van der Waals surface area (Å²) in [6.45, 7) is 3.80. The largest absolute Gasteiger partial charge is 0.336 e. The van der Waals surface area contributed by atoms with Crippen LogP contribution >= 0.6 is 12.4 Å². The van der Waals surface area contributed by atoms with Crippen molar-refractivity contribution in [1.82, 2.24) is 5.32 Å². The lowest BCUT2D eigenvalue weighted by Crippen LogP contribution is -2.48. The van der Waals surface area contributed by atoms with Gasteiger partial charge in [0, 0.05) is 18.0 Å². The highest BCUT2D eigenvalue weighted by atomic mass is 35.5. The van der Waals surface area contributed by atoms with Crippen molar-refractivity contribution in [2.24, 2.45) is 23.5 Å². The van der Waals surface area contributed by atoms with Gasteiger partial charge in [0.2, 0.25) is 5.91 Å². The fourth-order valence-corrected chi connectivity index (χ4v) is 4.36. The van der Waals surface area contributed by atoms with Crippen LogP contribution in [-0.2, 0) is 4.79 Å². The first-order chi connectivity index (χ1) is 12.4. The number of hydrogen-bond acceptors (Lipinski definition) is 3. The van der Waals surface area contributed by atoms with Crippen molar-refractivity contribution in [1.29, 1.82) is 0 Å². The molecule has 7 heteroatoms. The van der Waals surface area contributed by atoms with Crippen LogP contribution in [0.15, 0.2) is 24.3 Å². The van der Waals surface area contributed by atoms with Crippen molar-refractivity contribution < 1.29 is 9.59 Å². The quantitative estimate of drug-likeness (QED) is 0.626. The Balaban J connectivity index is 0.00000261. The summed E-state index contributed by atoms with van der Waals surface area (Å²) in [4.78, 5) is 24.8. The second kappa shape index (κ2) is 9.42. The normalized spacial score (nSPS) is 26.7. The molecule has 2 atom stereocenters. The zero-order valence-corrected chi connectivity index (χ0v) is 16.9. The van der Waals surface area contributed by atoms with Crippen LogP contribution < -0.4 is 21.7 Å². The van der Waals surface area contributed by atoms with E-state index in [-0.39, 0.29) is 42.3 Å². The Morgan fingerprint density at radius 3 is 2.15 bits per heavy atom. The summed E-state index contributed by atoms with van der Waals surface area (Å²) in [6.07, 6.45) is 5.23. The molecule has 5 N–H and O–H groups in total. The number of urea groups is 1. The molecule has 1 aromatic carbocycles. The van der Waals surface area contributed by atoms with Crippen LogP contribution in [0.5, 0.6) is 0 Å². The molecule has 2 aliphatic rings. The molecule has 3 rings (SSSR count). The number of hydrogen-bond donors (Lipinski definition) is 4. The minimum absolute atomic E-state index is 0. The van der Waals surface area contributed by atoms with E-state index in [1.807, 2.05) is 32.0 Å². The minimum Gasteiger partial charge on any atom is -0.336 e. The Hall–Kier alpha value is -1.79. The average Bonchev–Trinajstić information content (AvgIpc) is 2.55. The van der Waals surface area contributed by atoms with Gasteiger partial charge in [0.05, 0.1) is 11.4 Å². The maximum Gasteiger partial charge on any atom is 0.319 e. The molecule has 2 aliphatic carbocycles. The Morgan fingerprint density at radius 2 is 1.59 bits per heavy atom. The summed E-state index contributed by atoms with van der Waals surface area (Å²) in [5.74, 6) is 0.960. The number of rotatable bonds is 4. The van der Waals surface area contributed by atoms with Crippen molar-refractivity contribution in [3.63, 3.8) is 0 Å². The van der Waals surface area contributed by atoms with E-state index in [1.165, 1.54) is 6.42 Å². The Morgan fingerprint density at radius 1 is 1.04 bits per heavy atom. The molecule has 2 fully saturated rings. The third-order valence-corrected chi connectivity index (χ3v) is 5.64. The predicted octanol–water partition coefficient (Wildman–Crippen LogP) is 3.73. The summed E-state index contributed by atoms with van der Waals surface area (Å²) >= 11 is 0. The van der Waals surface area contributed by atoms with Gasteiger partial charge in [-0.05, 0) is 63.5 Å². The summed E-state index contributed by atoms with van der Waals surface area (Å²) in [5.41, 5.74) is 7.57. The number of para-hydroxylation sites is 2. The molecule has 2 unspecified atom stereocenters. The highest BCUT2D eigenvalue weighted by Crippen LogP contribution is 2.42. The molecule has 0 heterocycles. The smallest absolute Gasteiger partial charge is 0.319 e. The van der Waals surface area contributed by atoms with Gasteiger partial charge >= 0.3 is 6.03 Å². The van der Waals surface area contributed by atoms with Crippen molar-refractivity contribution in [2.75, 3.05) is 10.6 Å². The SMILES string of the molecule is CC(C)NC(=O)Nc1ccccc1NC(=O)C1CC2CCCC(C1)C2N.Cl. The van der Waals surface area contributed by atoms with E-state index in [2.05, 4.69) is 16.0 Å². The Kier molecular flexibility index (Phi) is 7.50. The van der Waals surface area contributed by atoms with E-state index in [9.17, 15) is 9.59 Å². The maximum atomic E-state index is 12.8. The molecule has 0 radical (unpaired) electrons. The van der Waals surface area contributed by atoms with Gasteiger partial charge in [-0.3, -0.25) is 4.79 Å². The first-order valence-electron chi connectivity index (χ1n) is 9.67. The number of benzene rings is 1. The van der Waals surface area contributed by atoms with Crippen LogP contribution in [0.25, 0.3) is 0 Å². The number of carbonyl (C=O) groups excluding carboxylic acids is 2. The van der Waals surface area contributed by atoms with Crippen LogP contribution in [0.3, 0.4) is 0 Å². The molecule has 1 aromatic rings. The van der Waals surface area contributed by atoms with E-state index in [0.29, 0.717) is 23.2 Å². The summed E-state index contributed by atoms with van der Waals surface area (Å²) in [5, 5.41) is 8.62. The molecular weight excluding hydrogens is 364 g/mol. The summed E-state index contributed by atoms with van der Waals surface area (Å²) in [6, 6.07) is 7.32. The second-order valence-electron chi connectivity index (χ2n) is 7.98. The van der Waals surface area contributed by atoms with E-state index < -0.39 is 0 Å². The highest BCUT2D eigenvalue weighted by molar-refractivity contribution is 5.99. The zero-order valence-electron chi connectivity index (χ0n) is 16.0. The lowest BCUT2D eigenvalue weighted by molar-refractivity contribution is -0.122. The van der Waals surface area contributed by atoms with Crippen molar-refractivity contribution in [3.8, 4) is 0 Å². The molecule has 0 saturated heterocycles. The van der Waals surface area contributed by atoms with Gasteiger partial charge in [-0.25, -0.2) is 4.79 Å². The molecule has 2 bridgehead atoms. The monoisotopic (exact) mass is 394 g/mol. The van der Waals surface area contributed by atoms with Crippen molar-refractivity contribution in [2.45, 2.75) is 58.0 Å². The number of nitrogens with one attached hydrogen (secondary N) is 3. The molecule has 150 valence electrons. The van der Waals surface area contributed by atoms with E-state index in [4.69, 9.17) is 5.73 Å². The van der Waals surface area contributed by atoms with Gasteiger partial charge in [-0.2, -0.15) is 0 Å². The second-order valence-corrected chi connectivity index (χ2v) is 7.98. The topological polar surface area (TPSA) is 96.2 Å². The van der Waals surface area contributed by atoms with Gasteiger partial charge in [0.25, 0.3) is 0 Å². The molecular formula is C20H31ClN4O2. The molecule has 0 spiro atoms. The van der Waals surface area contributed by atoms with Gasteiger partial charge in [0.1, 0.15) is 0 Å². The van der Waals surface area contributed by atoms with Crippen molar-refractivity contribution in [3.05, 3.63) is 24.3 Å². The Bertz CT molecular complexity index is 653. The van der Waals surface area contributed by atoms with E-state index in [1.54, 1.807) is 6.07 Å². The maximum absolute atomic E-state index is 12.8. The number of fused-ring (bicyclic) bond motifs is 2. The lowest BCUT2D eigenvalue weighted by Gasteiger charge is -2.43. The summed E-state index contributed by atoms with van der Waals surface area (Å²) in [7, 11) is 0. The third kappa shape index (κ3) is 5.36. The van der Waals surface area contributed by atoms with Gasteiger partial charge < -0.3 is 21.7 Å². The number of carbonyl (C=O) groups is 2. The minimum atomic E-state index is -0.278. The first kappa shape index (κ1) is 21.5. The number of halogens is 1. The molecule has 0 aromatic heterocycles. The number of nitrogens with two attached hydrogens (primary N) is 1. The molecule has 2 saturated carbocycles. The fourth-order valence-electron chi connectivity index (χ4n) is 4.36. The van der Waals surface area contributed by atoms with E-state index in [0.717, 1.165) is 25.7 Å². The van der Waals surface area contributed by atoms with E-state index >= 15 is 0 Å². The van der Waals surface area contributed by atoms with Crippen molar-refractivity contribution >= 4 is 35.7 Å². The first-order valence-corrected chi connectivity index (χ1v) is 9.67. The molecule has 3 amide bonds. The fraction of sp³-hybridized carbons (Fsp3) is 0.600.